The fraction of sp³-hybridized carbons (Fsp3) is 0.667. The largest absolute Gasteiger partial charge is 0.508 e. The van der Waals surface area contributed by atoms with Gasteiger partial charge in [-0.15, -0.1) is 0 Å². The van der Waals surface area contributed by atoms with Gasteiger partial charge in [-0.25, -0.2) is 4.79 Å². The summed E-state index contributed by atoms with van der Waals surface area (Å²) in [7, 11) is 1.37. The van der Waals surface area contributed by atoms with Crippen LogP contribution >= 0.6 is 0 Å². The lowest BCUT2D eigenvalue weighted by atomic mass is 9.54. The Hall–Kier alpha value is -1.75. The van der Waals surface area contributed by atoms with Gasteiger partial charge in [0.2, 0.25) is 0 Å². The van der Waals surface area contributed by atoms with Crippen LogP contribution in [-0.2, 0) is 4.74 Å². The highest BCUT2D eigenvalue weighted by Crippen LogP contribution is 2.62. The minimum atomic E-state index is -0.418. The zero-order chi connectivity index (χ0) is 18.5. The molecule has 6 unspecified atom stereocenters. The molecule has 142 valence electrons. The van der Waals surface area contributed by atoms with Crippen LogP contribution < -0.4 is 5.32 Å². The second kappa shape index (κ2) is 6.45. The topological polar surface area (TPSA) is 78.8 Å². The van der Waals surface area contributed by atoms with Gasteiger partial charge in [0.05, 0.1) is 13.2 Å². The number of nitrogens with one attached hydrogen (secondary N) is 1. The number of aliphatic hydroxyl groups is 1. The van der Waals surface area contributed by atoms with E-state index in [0.29, 0.717) is 24.3 Å². The third-order valence-electron chi connectivity index (χ3n) is 7.53. The van der Waals surface area contributed by atoms with Crippen LogP contribution in [0.25, 0.3) is 0 Å². The maximum atomic E-state index is 11.6. The Morgan fingerprint density at radius 1 is 1.31 bits per heavy atom. The summed E-state index contributed by atoms with van der Waals surface area (Å²) in [6.45, 7) is 2.78. The van der Waals surface area contributed by atoms with Gasteiger partial charge in [0.15, 0.2) is 0 Å². The van der Waals surface area contributed by atoms with E-state index < -0.39 is 6.09 Å². The summed E-state index contributed by atoms with van der Waals surface area (Å²) in [6.07, 6.45) is 4.51. The van der Waals surface area contributed by atoms with Crippen molar-refractivity contribution in [2.45, 2.75) is 57.0 Å². The van der Waals surface area contributed by atoms with Crippen molar-refractivity contribution in [3.05, 3.63) is 29.3 Å². The van der Waals surface area contributed by atoms with E-state index in [1.165, 1.54) is 12.7 Å². The van der Waals surface area contributed by atoms with Crippen molar-refractivity contribution in [1.29, 1.82) is 0 Å². The fourth-order valence-electron chi connectivity index (χ4n) is 6.16. The lowest BCUT2D eigenvalue weighted by Crippen LogP contribution is -2.45. The first kappa shape index (κ1) is 17.7. The Morgan fingerprint density at radius 2 is 2.12 bits per heavy atom. The fourth-order valence-corrected chi connectivity index (χ4v) is 6.16. The van der Waals surface area contributed by atoms with E-state index in [9.17, 15) is 15.0 Å². The van der Waals surface area contributed by atoms with Gasteiger partial charge < -0.3 is 20.3 Å². The number of carbonyl (C=O) groups is 1. The maximum Gasteiger partial charge on any atom is 0.406 e. The predicted octanol–water partition coefficient (Wildman–Crippen LogP) is 3.51. The van der Waals surface area contributed by atoms with Crippen molar-refractivity contribution in [1.82, 2.24) is 5.32 Å². The van der Waals surface area contributed by atoms with Crippen molar-refractivity contribution >= 4 is 6.09 Å². The SMILES string of the molecule is COC(=O)NCC1CC2C(CCC3(C)C(O)CCC23)c2ccc(O)cc21. The Kier molecular flexibility index (Phi) is 4.38. The molecule has 1 aromatic rings. The number of hydrogen-bond acceptors (Lipinski definition) is 4. The highest BCUT2D eigenvalue weighted by molar-refractivity contribution is 5.67. The standard InChI is InChI=1S/C21H29NO4/c1-21-8-7-15-14-4-3-13(23)10-16(14)12(11-22-20(25)26-2)9-17(15)18(21)5-6-19(21)24/h3-4,10,12,15,17-19,23-24H,5-9,11H2,1-2H3,(H,22,25). The van der Waals surface area contributed by atoms with Crippen LogP contribution in [0.15, 0.2) is 18.2 Å². The molecule has 1 aromatic carbocycles. The molecule has 0 aromatic heterocycles. The van der Waals surface area contributed by atoms with Crippen molar-refractivity contribution in [3.8, 4) is 5.75 Å². The number of amides is 1. The molecule has 26 heavy (non-hydrogen) atoms. The summed E-state index contributed by atoms with van der Waals surface area (Å²) >= 11 is 0. The van der Waals surface area contributed by atoms with E-state index in [2.05, 4.69) is 18.3 Å². The number of aliphatic hydroxyl groups excluding tert-OH is 1. The monoisotopic (exact) mass is 359 g/mol. The van der Waals surface area contributed by atoms with E-state index in [4.69, 9.17) is 4.74 Å². The number of fused-ring (bicyclic) bond motifs is 5. The molecule has 3 aliphatic rings. The van der Waals surface area contributed by atoms with Crippen LogP contribution in [0.2, 0.25) is 0 Å². The second-order valence-corrected chi connectivity index (χ2v) is 8.63. The minimum Gasteiger partial charge on any atom is -0.508 e. The molecular formula is C21H29NO4. The van der Waals surface area contributed by atoms with Gasteiger partial charge in [-0.05, 0) is 78.5 Å². The first-order valence-corrected chi connectivity index (χ1v) is 9.76. The molecule has 1 amide bonds. The molecule has 5 nitrogen and oxygen atoms in total. The number of rotatable bonds is 2. The van der Waals surface area contributed by atoms with E-state index >= 15 is 0 Å². The molecule has 6 atom stereocenters. The number of ether oxygens (including phenoxy) is 1. The molecule has 0 spiro atoms. The van der Waals surface area contributed by atoms with E-state index in [-0.39, 0.29) is 23.2 Å². The maximum absolute atomic E-state index is 11.6. The molecule has 2 fully saturated rings. The number of alkyl carbamates (subject to hydrolysis) is 1. The summed E-state index contributed by atoms with van der Waals surface area (Å²) in [5.74, 6) is 1.98. The van der Waals surface area contributed by atoms with E-state index in [1.807, 2.05) is 6.07 Å². The number of hydrogen-bond donors (Lipinski definition) is 3. The van der Waals surface area contributed by atoms with Gasteiger partial charge in [0.25, 0.3) is 0 Å². The van der Waals surface area contributed by atoms with Gasteiger partial charge in [-0.2, -0.15) is 0 Å². The number of phenols is 1. The highest BCUT2D eigenvalue weighted by atomic mass is 16.5. The van der Waals surface area contributed by atoms with Crippen LogP contribution in [-0.4, -0.2) is 36.1 Å². The normalized spacial score (nSPS) is 38.0. The van der Waals surface area contributed by atoms with Gasteiger partial charge in [0, 0.05) is 12.5 Å². The third kappa shape index (κ3) is 2.68. The summed E-state index contributed by atoms with van der Waals surface area (Å²) in [5.41, 5.74) is 2.50. The van der Waals surface area contributed by atoms with Gasteiger partial charge in [-0.3, -0.25) is 0 Å². The number of phenolic OH excluding ortho intramolecular Hbond substituents is 1. The van der Waals surface area contributed by atoms with E-state index in [1.54, 1.807) is 6.07 Å². The molecule has 0 aliphatic heterocycles. The molecule has 4 rings (SSSR count). The lowest BCUT2D eigenvalue weighted by molar-refractivity contribution is -0.0249. The molecular weight excluding hydrogens is 330 g/mol. The number of methoxy groups -OCH3 is 1. The van der Waals surface area contributed by atoms with Gasteiger partial charge in [0.1, 0.15) is 5.75 Å². The molecule has 0 bridgehead atoms. The smallest absolute Gasteiger partial charge is 0.406 e. The molecule has 0 heterocycles. The van der Waals surface area contributed by atoms with Crippen LogP contribution in [0.4, 0.5) is 4.79 Å². The minimum absolute atomic E-state index is 0.0237. The van der Waals surface area contributed by atoms with Crippen molar-refractivity contribution < 1.29 is 19.7 Å². The molecule has 3 aliphatic carbocycles. The zero-order valence-corrected chi connectivity index (χ0v) is 15.6. The van der Waals surface area contributed by atoms with Gasteiger partial charge in [-0.1, -0.05) is 13.0 Å². The van der Waals surface area contributed by atoms with Crippen molar-refractivity contribution in [2.75, 3.05) is 13.7 Å². The van der Waals surface area contributed by atoms with Crippen LogP contribution in [0.5, 0.6) is 5.75 Å². The van der Waals surface area contributed by atoms with Crippen molar-refractivity contribution in [3.63, 3.8) is 0 Å². The molecule has 0 radical (unpaired) electrons. The third-order valence-corrected chi connectivity index (χ3v) is 7.53. The average Bonchev–Trinajstić information content (AvgIpc) is 2.94. The quantitative estimate of drug-likeness (QED) is 0.755. The molecule has 3 N–H and O–H groups in total. The van der Waals surface area contributed by atoms with Gasteiger partial charge >= 0.3 is 6.09 Å². The summed E-state index contributed by atoms with van der Waals surface area (Å²) in [5, 5.41) is 23.4. The average molecular weight is 359 g/mol. The summed E-state index contributed by atoms with van der Waals surface area (Å²) in [6, 6.07) is 5.72. The Morgan fingerprint density at radius 3 is 2.88 bits per heavy atom. The Bertz CT molecular complexity index is 705. The molecule has 0 saturated heterocycles. The van der Waals surface area contributed by atoms with E-state index in [0.717, 1.165) is 37.7 Å². The number of benzene rings is 1. The Labute approximate surface area is 154 Å². The Balaban J connectivity index is 1.67. The second-order valence-electron chi connectivity index (χ2n) is 8.63. The first-order valence-electron chi connectivity index (χ1n) is 9.76. The van der Waals surface area contributed by atoms with Crippen LogP contribution in [0.1, 0.15) is 62.0 Å². The number of aromatic hydroxyl groups is 1. The summed E-state index contributed by atoms with van der Waals surface area (Å²) < 4.78 is 4.73. The van der Waals surface area contributed by atoms with Crippen molar-refractivity contribution in [2.24, 2.45) is 17.3 Å². The van der Waals surface area contributed by atoms with Crippen LogP contribution in [0.3, 0.4) is 0 Å². The zero-order valence-electron chi connectivity index (χ0n) is 15.6. The summed E-state index contributed by atoms with van der Waals surface area (Å²) in [4.78, 5) is 11.6. The van der Waals surface area contributed by atoms with Crippen LogP contribution in [0, 0.1) is 17.3 Å². The molecule has 2 saturated carbocycles. The first-order chi connectivity index (χ1) is 12.4. The number of carbonyl (C=O) groups excluding carboxylic acids is 1. The molecule has 5 heteroatoms. The lowest BCUT2D eigenvalue weighted by Gasteiger charge is -2.51. The predicted molar refractivity (Wildman–Crippen MR) is 98.2 cm³/mol. The highest BCUT2D eigenvalue weighted by Gasteiger charge is 2.55.